The zero-order valence-corrected chi connectivity index (χ0v) is 10.7. The molecule has 0 radical (unpaired) electrons. The highest BCUT2D eigenvalue weighted by atomic mass is 16.5. The first-order valence-electron chi connectivity index (χ1n) is 6.00. The van der Waals surface area contributed by atoms with Gasteiger partial charge in [-0.25, -0.2) is 0 Å². The molecule has 1 aliphatic rings. The summed E-state index contributed by atoms with van der Waals surface area (Å²) in [5, 5.41) is 0. The fourth-order valence-corrected chi connectivity index (χ4v) is 3.14. The number of hydrogen-bond acceptors (Lipinski definition) is 1. The van der Waals surface area contributed by atoms with E-state index in [2.05, 4.69) is 41.5 Å². The van der Waals surface area contributed by atoms with Crippen LogP contribution in [0.2, 0.25) is 0 Å². The Hall–Kier alpha value is -0.0400. The fourth-order valence-electron chi connectivity index (χ4n) is 3.14. The molecule has 14 heavy (non-hydrogen) atoms. The molecule has 1 heteroatoms. The van der Waals surface area contributed by atoms with E-state index in [0.29, 0.717) is 16.9 Å². The van der Waals surface area contributed by atoms with Crippen LogP contribution in [0.3, 0.4) is 0 Å². The summed E-state index contributed by atoms with van der Waals surface area (Å²) in [6.07, 6.45) is 2.96. The van der Waals surface area contributed by atoms with Gasteiger partial charge in [0.2, 0.25) is 0 Å². The molecular weight excluding hydrogens is 172 g/mol. The minimum absolute atomic E-state index is 0.334. The van der Waals surface area contributed by atoms with Crippen LogP contribution in [0.1, 0.15) is 54.4 Å². The minimum Gasteiger partial charge on any atom is -0.377 e. The summed E-state index contributed by atoms with van der Waals surface area (Å²) in [6, 6.07) is 0. The van der Waals surface area contributed by atoms with Crippen molar-refractivity contribution in [2.45, 2.75) is 60.5 Å². The highest BCUT2D eigenvalue weighted by molar-refractivity contribution is 5.02. The second-order valence-electron chi connectivity index (χ2n) is 5.77. The molecule has 3 unspecified atom stereocenters. The highest BCUT2D eigenvalue weighted by Crippen LogP contribution is 2.55. The summed E-state index contributed by atoms with van der Waals surface area (Å²) in [5.74, 6) is 0.768. The Morgan fingerprint density at radius 1 is 1.21 bits per heavy atom. The van der Waals surface area contributed by atoms with Crippen LogP contribution in [-0.2, 0) is 4.74 Å². The molecule has 1 rings (SSSR count). The van der Waals surface area contributed by atoms with Crippen LogP contribution < -0.4 is 0 Å². The molecule has 84 valence electrons. The Balaban J connectivity index is 2.91. The van der Waals surface area contributed by atoms with E-state index < -0.39 is 0 Å². The summed E-state index contributed by atoms with van der Waals surface area (Å²) in [6.45, 7) is 14.7. The zero-order valence-electron chi connectivity index (χ0n) is 10.7. The van der Waals surface area contributed by atoms with E-state index in [-0.39, 0.29) is 0 Å². The van der Waals surface area contributed by atoms with E-state index >= 15 is 0 Å². The predicted octanol–water partition coefficient (Wildman–Crippen LogP) is 3.87. The first-order valence-corrected chi connectivity index (χ1v) is 6.00. The summed E-state index contributed by atoms with van der Waals surface area (Å²) in [5.41, 5.74) is 0.722. The number of rotatable bonds is 3. The molecule has 1 nitrogen and oxygen atoms in total. The monoisotopic (exact) mass is 198 g/mol. The molecule has 1 saturated carbocycles. The maximum Gasteiger partial charge on any atom is 0.0681 e. The molecule has 0 heterocycles. The van der Waals surface area contributed by atoms with E-state index in [1.54, 1.807) is 0 Å². The van der Waals surface area contributed by atoms with Crippen molar-refractivity contribution in [3.05, 3.63) is 0 Å². The average molecular weight is 198 g/mol. The van der Waals surface area contributed by atoms with E-state index in [0.717, 1.165) is 12.5 Å². The molecule has 0 spiro atoms. The second kappa shape index (κ2) is 3.84. The van der Waals surface area contributed by atoms with Crippen LogP contribution in [0.25, 0.3) is 0 Å². The molecule has 3 atom stereocenters. The maximum atomic E-state index is 6.00. The molecule has 0 amide bonds. The molecular formula is C13H26O. The lowest BCUT2D eigenvalue weighted by Crippen LogP contribution is -2.38. The smallest absolute Gasteiger partial charge is 0.0681 e. The third-order valence-electron chi connectivity index (χ3n) is 4.49. The molecule has 1 aliphatic carbocycles. The summed E-state index contributed by atoms with van der Waals surface area (Å²) in [4.78, 5) is 0. The predicted molar refractivity (Wildman–Crippen MR) is 61.4 cm³/mol. The summed E-state index contributed by atoms with van der Waals surface area (Å²) < 4.78 is 6.00. The summed E-state index contributed by atoms with van der Waals surface area (Å²) >= 11 is 0. The van der Waals surface area contributed by atoms with Gasteiger partial charge in [0.15, 0.2) is 0 Å². The largest absolute Gasteiger partial charge is 0.377 e. The molecule has 0 aromatic carbocycles. The van der Waals surface area contributed by atoms with Crippen molar-refractivity contribution >= 4 is 0 Å². The normalized spacial score (nSPS) is 41.6. The van der Waals surface area contributed by atoms with Gasteiger partial charge in [0.05, 0.1) is 6.10 Å². The van der Waals surface area contributed by atoms with E-state index in [4.69, 9.17) is 4.74 Å². The van der Waals surface area contributed by atoms with Crippen molar-refractivity contribution in [2.24, 2.45) is 16.7 Å². The van der Waals surface area contributed by atoms with Crippen LogP contribution in [0.15, 0.2) is 0 Å². The van der Waals surface area contributed by atoms with Crippen molar-refractivity contribution in [3.8, 4) is 0 Å². The van der Waals surface area contributed by atoms with Crippen LogP contribution in [0, 0.1) is 16.7 Å². The standard InChI is InChI=1S/C13H26O/c1-7-13(6)9-10(3)12(4,5)11(13)14-8-2/h10-11H,7-9H2,1-6H3. The van der Waals surface area contributed by atoms with Crippen molar-refractivity contribution in [1.82, 2.24) is 0 Å². The van der Waals surface area contributed by atoms with Crippen LogP contribution >= 0.6 is 0 Å². The third kappa shape index (κ3) is 1.71. The van der Waals surface area contributed by atoms with Gasteiger partial charge >= 0.3 is 0 Å². The third-order valence-corrected chi connectivity index (χ3v) is 4.49. The van der Waals surface area contributed by atoms with Gasteiger partial charge in [-0.3, -0.25) is 0 Å². The van der Waals surface area contributed by atoms with Crippen LogP contribution in [0.4, 0.5) is 0 Å². The lowest BCUT2D eigenvalue weighted by molar-refractivity contribution is -0.0654. The lowest BCUT2D eigenvalue weighted by atomic mass is 9.77. The van der Waals surface area contributed by atoms with Gasteiger partial charge in [-0.2, -0.15) is 0 Å². The first-order chi connectivity index (χ1) is 6.38. The van der Waals surface area contributed by atoms with Gasteiger partial charge in [0, 0.05) is 6.61 Å². The van der Waals surface area contributed by atoms with Crippen molar-refractivity contribution in [2.75, 3.05) is 6.61 Å². The van der Waals surface area contributed by atoms with Crippen molar-refractivity contribution < 1.29 is 4.74 Å². The van der Waals surface area contributed by atoms with E-state index in [9.17, 15) is 0 Å². The molecule has 0 N–H and O–H groups in total. The fraction of sp³-hybridized carbons (Fsp3) is 1.00. The van der Waals surface area contributed by atoms with Crippen LogP contribution in [0.5, 0.6) is 0 Å². The lowest BCUT2D eigenvalue weighted by Gasteiger charge is -2.37. The molecule has 0 aliphatic heterocycles. The second-order valence-corrected chi connectivity index (χ2v) is 5.77. The van der Waals surface area contributed by atoms with Gasteiger partial charge in [-0.05, 0) is 36.5 Å². The topological polar surface area (TPSA) is 9.23 Å². The average Bonchev–Trinajstić information content (AvgIpc) is 2.28. The summed E-state index contributed by atoms with van der Waals surface area (Å²) in [7, 11) is 0. The van der Waals surface area contributed by atoms with Gasteiger partial charge in [-0.15, -0.1) is 0 Å². The molecule has 0 bridgehead atoms. The molecule has 0 saturated heterocycles. The number of hydrogen-bond donors (Lipinski definition) is 0. The molecule has 1 fully saturated rings. The maximum absolute atomic E-state index is 6.00. The van der Waals surface area contributed by atoms with Gasteiger partial charge in [0.1, 0.15) is 0 Å². The molecule has 0 aromatic rings. The van der Waals surface area contributed by atoms with E-state index in [1.165, 1.54) is 12.8 Å². The Bertz CT molecular complexity index is 197. The Morgan fingerprint density at radius 2 is 1.79 bits per heavy atom. The van der Waals surface area contributed by atoms with Gasteiger partial charge in [-0.1, -0.05) is 34.6 Å². The highest BCUT2D eigenvalue weighted by Gasteiger charge is 2.53. The van der Waals surface area contributed by atoms with Crippen LogP contribution in [-0.4, -0.2) is 12.7 Å². The van der Waals surface area contributed by atoms with Crippen molar-refractivity contribution in [1.29, 1.82) is 0 Å². The van der Waals surface area contributed by atoms with Gasteiger partial charge in [0.25, 0.3) is 0 Å². The first kappa shape index (κ1) is 12.0. The SMILES string of the molecule is CCOC1C(C)(CC)CC(C)C1(C)C. The minimum atomic E-state index is 0.334. The van der Waals surface area contributed by atoms with Crippen molar-refractivity contribution in [3.63, 3.8) is 0 Å². The Morgan fingerprint density at radius 3 is 2.21 bits per heavy atom. The zero-order chi connectivity index (χ0) is 11.0. The Labute approximate surface area is 89.2 Å². The molecule has 0 aromatic heterocycles. The van der Waals surface area contributed by atoms with E-state index in [1.807, 2.05) is 0 Å². The quantitative estimate of drug-likeness (QED) is 0.669. The number of ether oxygens (including phenoxy) is 1. The Kier molecular flexibility index (Phi) is 3.30. The van der Waals surface area contributed by atoms with Gasteiger partial charge < -0.3 is 4.74 Å².